The maximum atomic E-state index is 4.44. The zero-order valence-electron chi connectivity index (χ0n) is 13.1. The molecule has 1 aromatic heterocycles. The first kappa shape index (κ1) is 14.7. The molecule has 0 saturated heterocycles. The van der Waals surface area contributed by atoms with Gasteiger partial charge in [-0.3, -0.25) is 0 Å². The van der Waals surface area contributed by atoms with Crippen LogP contribution in [0.4, 0.5) is 0 Å². The van der Waals surface area contributed by atoms with Gasteiger partial charge in [0.25, 0.3) is 0 Å². The molecule has 0 aliphatic rings. The van der Waals surface area contributed by atoms with Gasteiger partial charge in [0.15, 0.2) is 0 Å². The van der Waals surface area contributed by atoms with E-state index in [1.54, 1.807) is 0 Å². The molecule has 0 aliphatic heterocycles. The van der Waals surface area contributed by atoms with Gasteiger partial charge in [-0.2, -0.15) is 5.10 Å². The van der Waals surface area contributed by atoms with Crippen LogP contribution in [0.25, 0.3) is 0 Å². The Labute approximate surface area is 121 Å². The molecule has 20 heavy (non-hydrogen) atoms. The van der Waals surface area contributed by atoms with E-state index in [1.165, 1.54) is 11.1 Å². The fourth-order valence-electron chi connectivity index (χ4n) is 2.12. The van der Waals surface area contributed by atoms with Crippen molar-refractivity contribution in [3.8, 4) is 0 Å². The third kappa shape index (κ3) is 3.90. The molecule has 2 rings (SSSR count). The average molecular weight is 272 g/mol. The molecular formula is C16H24N4. The third-order valence-electron chi connectivity index (χ3n) is 3.21. The van der Waals surface area contributed by atoms with Gasteiger partial charge in [0.1, 0.15) is 11.6 Å². The van der Waals surface area contributed by atoms with Gasteiger partial charge < -0.3 is 5.32 Å². The van der Waals surface area contributed by atoms with Crippen molar-refractivity contribution in [1.82, 2.24) is 20.1 Å². The fourth-order valence-corrected chi connectivity index (χ4v) is 2.12. The molecule has 2 aromatic rings. The van der Waals surface area contributed by atoms with Crippen LogP contribution < -0.4 is 5.32 Å². The van der Waals surface area contributed by atoms with Crippen LogP contribution in [0.3, 0.4) is 0 Å². The maximum absolute atomic E-state index is 4.44. The minimum atomic E-state index is 0.118. The van der Waals surface area contributed by atoms with E-state index in [-0.39, 0.29) is 5.54 Å². The molecule has 0 aliphatic carbocycles. The first-order valence-electron chi connectivity index (χ1n) is 7.05. The zero-order valence-corrected chi connectivity index (χ0v) is 13.1. The Balaban J connectivity index is 2.17. The zero-order chi connectivity index (χ0) is 14.8. The lowest BCUT2D eigenvalue weighted by Gasteiger charge is -2.21. The number of hydrogen-bond acceptors (Lipinski definition) is 3. The standard InChI is InChI=1S/C16H24N4/c1-12-18-13(2)20(19-12)11-15-9-7-6-8-14(15)10-17-16(3,4)5/h6-9,17H,10-11H2,1-5H3. The largest absolute Gasteiger partial charge is 0.308 e. The van der Waals surface area contributed by atoms with Gasteiger partial charge in [-0.25, -0.2) is 9.67 Å². The molecule has 0 amide bonds. The Hall–Kier alpha value is -1.68. The van der Waals surface area contributed by atoms with Gasteiger partial charge in [0.2, 0.25) is 0 Å². The SMILES string of the molecule is Cc1nc(C)n(Cc2ccccc2CNC(C)(C)C)n1. The monoisotopic (exact) mass is 272 g/mol. The van der Waals surface area contributed by atoms with Crippen LogP contribution in [0.15, 0.2) is 24.3 Å². The van der Waals surface area contributed by atoms with Gasteiger partial charge in [0.05, 0.1) is 6.54 Å². The molecule has 1 N–H and O–H groups in total. The molecule has 4 nitrogen and oxygen atoms in total. The van der Waals surface area contributed by atoms with E-state index in [2.05, 4.69) is 60.4 Å². The van der Waals surface area contributed by atoms with E-state index in [0.29, 0.717) is 0 Å². The van der Waals surface area contributed by atoms with Crippen molar-refractivity contribution in [2.75, 3.05) is 0 Å². The van der Waals surface area contributed by atoms with Crippen LogP contribution >= 0.6 is 0 Å². The minimum Gasteiger partial charge on any atom is -0.308 e. The first-order valence-corrected chi connectivity index (χ1v) is 7.05. The summed E-state index contributed by atoms with van der Waals surface area (Å²) in [4.78, 5) is 4.36. The second-order valence-electron chi connectivity index (χ2n) is 6.24. The molecule has 0 radical (unpaired) electrons. The lowest BCUT2D eigenvalue weighted by atomic mass is 10.0. The maximum Gasteiger partial charge on any atom is 0.147 e. The minimum absolute atomic E-state index is 0.118. The molecule has 1 aromatic carbocycles. The lowest BCUT2D eigenvalue weighted by Crippen LogP contribution is -2.35. The molecule has 0 bridgehead atoms. The van der Waals surface area contributed by atoms with Crippen LogP contribution in [-0.4, -0.2) is 20.3 Å². The molecule has 4 heteroatoms. The molecule has 0 unspecified atom stereocenters. The second-order valence-corrected chi connectivity index (χ2v) is 6.24. The summed E-state index contributed by atoms with van der Waals surface area (Å²) in [5.74, 6) is 1.79. The summed E-state index contributed by atoms with van der Waals surface area (Å²) in [7, 11) is 0. The Kier molecular flexibility index (Phi) is 4.23. The van der Waals surface area contributed by atoms with Crippen molar-refractivity contribution in [2.24, 2.45) is 0 Å². The summed E-state index contributed by atoms with van der Waals surface area (Å²) >= 11 is 0. The summed E-state index contributed by atoms with van der Waals surface area (Å²) in [6, 6.07) is 8.50. The summed E-state index contributed by atoms with van der Waals surface area (Å²) in [6.07, 6.45) is 0. The van der Waals surface area contributed by atoms with E-state index >= 15 is 0 Å². The average Bonchev–Trinajstić information content (AvgIpc) is 2.66. The Morgan fingerprint density at radius 1 is 1.10 bits per heavy atom. The van der Waals surface area contributed by atoms with Crippen molar-refractivity contribution in [3.05, 3.63) is 47.0 Å². The molecule has 0 spiro atoms. The van der Waals surface area contributed by atoms with Crippen LogP contribution in [0.2, 0.25) is 0 Å². The van der Waals surface area contributed by atoms with Crippen LogP contribution in [-0.2, 0) is 13.1 Å². The van der Waals surface area contributed by atoms with E-state index in [9.17, 15) is 0 Å². The van der Waals surface area contributed by atoms with Gasteiger partial charge in [-0.1, -0.05) is 24.3 Å². The number of aromatic nitrogens is 3. The Morgan fingerprint density at radius 3 is 2.30 bits per heavy atom. The van der Waals surface area contributed by atoms with E-state index in [4.69, 9.17) is 0 Å². The number of hydrogen-bond donors (Lipinski definition) is 1. The van der Waals surface area contributed by atoms with Crippen LogP contribution in [0, 0.1) is 13.8 Å². The molecule has 108 valence electrons. The highest BCUT2D eigenvalue weighted by atomic mass is 15.3. The van der Waals surface area contributed by atoms with Crippen molar-refractivity contribution < 1.29 is 0 Å². The second kappa shape index (κ2) is 5.75. The number of nitrogens with zero attached hydrogens (tertiary/aromatic N) is 3. The number of benzene rings is 1. The molecule has 1 heterocycles. The lowest BCUT2D eigenvalue weighted by molar-refractivity contribution is 0.423. The van der Waals surface area contributed by atoms with Crippen molar-refractivity contribution >= 4 is 0 Å². The smallest absolute Gasteiger partial charge is 0.147 e. The molecular weight excluding hydrogens is 248 g/mol. The quantitative estimate of drug-likeness (QED) is 0.930. The van der Waals surface area contributed by atoms with Gasteiger partial charge in [-0.15, -0.1) is 0 Å². The summed E-state index contributed by atoms with van der Waals surface area (Å²) in [6.45, 7) is 12.1. The van der Waals surface area contributed by atoms with E-state index < -0.39 is 0 Å². The van der Waals surface area contributed by atoms with E-state index in [0.717, 1.165) is 24.7 Å². The summed E-state index contributed by atoms with van der Waals surface area (Å²) in [5, 5.41) is 7.98. The molecule has 0 atom stereocenters. The Bertz CT molecular complexity index is 578. The van der Waals surface area contributed by atoms with Gasteiger partial charge in [0, 0.05) is 12.1 Å². The number of aryl methyl sites for hydroxylation is 2. The van der Waals surface area contributed by atoms with E-state index in [1.807, 2.05) is 18.5 Å². The van der Waals surface area contributed by atoms with Crippen LogP contribution in [0.5, 0.6) is 0 Å². The van der Waals surface area contributed by atoms with Crippen molar-refractivity contribution in [3.63, 3.8) is 0 Å². The van der Waals surface area contributed by atoms with Gasteiger partial charge in [-0.05, 0) is 45.7 Å². The number of rotatable bonds is 4. The normalized spacial score (nSPS) is 11.8. The third-order valence-corrected chi connectivity index (χ3v) is 3.21. The van der Waals surface area contributed by atoms with Crippen molar-refractivity contribution in [2.45, 2.75) is 53.2 Å². The van der Waals surface area contributed by atoms with Crippen LogP contribution in [0.1, 0.15) is 43.5 Å². The predicted octanol–water partition coefficient (Wildman–Crippen LogP) is 2.83. The predicted molar refractivity (Wildman–Crippen MR) is 81.6 cm³/mol. The highest BCUT2D eigenvalue weighted by Crippen LogP contribution is 2.13. The van der Waals surface area contributed by atoms with Gasteiger partial charge >= 0.3 is 0 Å². The van der Waals surface area contributed by atoms with Crippen molar-refractivity contribution in [1.29, 1.82) is 0 Å². The summed E-state index contributed by atoms with van der Waals surface area (Å²) in [5.41, 5.74) is 2.72. The first-order chi connectivity index (χ1) is 9.35. The number of nitrogens with one attached hydrogen (secondary N) is 1. The summed E-state index contributed by atoms with van der Waals surface area (Å²) < 4.78 is 1.96. The fraction of sp³-hybridized carbons (Fsp3) is 0.500. The Morgan fingerprint density at radius 2 is 1.75 bits per heavy atom. The topological polar surface area (TPSA) is 42.7 Å². The highest BCUT2D eigenvalue weighted by Gasteiger charge is 2.11. The molecule has 0 saturated carbocycles. The highest BCUT2D eigenvalue weighted by molar-refractivity contribution is 5.27. The molecule has 0 fully saturated rings.